The molecule has 0 fully saturated rings. The molecule has 0 saturated carbocycles. The molecule has 0 saturated heterocycles. The quantitative estimate of drug-likeness (QED) is 0.163. The minimum Gasteiger partial charge on any atom is -0.311 e. The van der Waals surface area contributed by atoms with Crippen LogP contribution in [0.15, 0.2) is 140 Å². The van der Waals surface area contributed by atoms with Gasteiger partial charge in [-0.1, -0.05) is 166 Å². The maximum atomic E-state index is 9.11. The van der Waals surface area contributed by atoms with Crippen LogP contribution in [0.5, 0.6) is 0 Å². The Hall–Kier alpha value is -5.80. The van der Waals surface area contributed by atoms with Crippen molar-refractivity contribution < 1.29 is 4.11 Å². The zero-order valence-electron chi connectivity index (χ0n) is 42.2. The molecule has 3 aliphatic rings. The van der Waals surface area contributed by atoms with Gasteiger partial charge in [0.05, 0.1) is 5.69 Å². The van der Waals surface area contributed by atoms with E-state index in [-0.39, 0.29) is 28.4 Å². The van der Waals surface area contributed by atoms with Gasteiger partial charge in [-0.25, -0.2) is 0 Å². The smallest absolute Gasteiger partial charge is 0.252 e. The van der Waals surface area contributed by atoms with E-state index in [1.807, 2.05) is 12.1 Å². The maximum absolute atomic E-state index is 9.11. The van der Waals surface area contributed by atoms with E-state index in [2.05, 4.69) is 213 Å². The van der Waals surface area contributed by atoms with Gasteiger partial charge in [0.15, 0.2) is 0 Å². The van der Waals surface area contributed by atoms with Gasteiger partial charge >= 0.3 is 0 Å². The minimum absolute atomic E-state index is 0.0297. The lowest BCUT2D eigenvalue weighted by molar-refractivity contribution is 0.332. The predicted molar refractivity (Wildman–Crippen MR) is 273 cm³/mol. The highest BCUT2D eigenvalue weighted by molar-refractivity contribution is 7.00. The minimum atomic E-state index is -2.37. The number of fused-ring (bicyclic) bond motifs is 5. The summed E-state index contributed by atoms with van der Waals surface area (Å²) in [5.74, 6) is 0. The summed E-state index contributed by atoms with van der Waals surface area (Å²) in [7, 11) is 0. The molecule has 7 aromatic rings. The molecule has 0 amide bonds. The van der Waals surface area contributed by atoms with Crippen LogP contribution in [0, 0.1) is 13.8 Å². The summed E-state index contributed by atoms with van der Waals surface area (Å²) in [6.45, 7) is 22.9. The van der Waals surface area contributed by atoms with Crippen molar-refractivity contribution in [3.8, 4) is 22.3 Å². The van der Waals surface area contributed by atoms with E-state index in [0.29, 0.717) is 5.56 Å². The summed E-state index contributed by atoms with van der Waals surface area (Å²) in [5, 5.41) is 0. The van der Waals surface area contributed by atoms with E-state index in [1.165, 1.54) is 33.2 Å². The Morgan fingerprint density at radius 2 is 1.02 bits per heavy atom. The maximum Gasteiger partial charge on any atom is 0.252 e. The molecule has 2 aliphatic heterocycles. The van der Waals surface area contributed by atoms with E-state index in [0.717, 1.165) is 80.2 Å². The molecule has 7 aromatic carbocycles. The van der Waals surface area contributed by atoms with Crippen molar-refractivity contribution in [2.45, 2.75) is 118 Å². The van der Waals surface area contributed by atoms with Gasteiger partial charge in [-0.05, 0) is 157 Å². The van der Waals surface area contributed by atoms with Crippen molar-refractivity contribution >= 4 is 57.2 Å². The van der Waals surface area contributed by atoms with Crippen LogP contribution in [0.1, 0.15) is 120 Å². The first kappa shape index (κ1) is 37.7. The fourth-order valence-electron chi connectivity index (χ4n) is 10.8. The number of hydrogen-bond acceptors (Lipinski definition) is 2. The number of aryl methyl sites for hydroxylation is 2. The van der Waals surface area contributed by atoms with Gasteiger partial charge in [-0.3, -0.25) is 0 Å². The van der Waals surface area contributed by atoms with Crippen LogP contribution >= 0.6 is 0 Å². The van der Waals surface area contributed by atoms with Crippen LogP contribution in [0.4, 0.5) is 34.1 Å². The molecule has 0 bridgehead atoms. The number of benzene rings is 7. The summed E-state index contributed by atoms with van der Waals surface area (Å²) >= 11 is 0. The van der Waals surface area contributed by atoms with Gasteiger partial charge in [0.25, 0.3) is 6.71 Å². The molecule has 0 atom stereocenters. The Morgan fingerprint density at radius 1 is 0.492 bits per heavy atom. The third-order valence-electron chi connectivity index (χ3n) is 14.6. The molecule has 3 heteroatoms. The fourth-order valence-corrected chi connectivity index (χ4v) is 10.8. The summed E-state index contributed by atoms with van der Waals surface area (Å²) in [6.07, 6.45) is 2.20. The molecule has 0 aromatic heterocycles. The Bertz CT molecular complexity index is 3060. The molecule has 0 unspecified atom stereocenters. The molecule has 2 heterocycles. The van der Waals surface area contributed by atoms with Crippen LogP contribution < -0.4 is 26.2 Å². The van der Waals surface area contributed by atoms with Gasteiger partial charge in [-0.15, -0.1) is 0 Å². The zero-order chi connectivity index (χ0) is 46.9. The van der Waals surface area contributed by atoms with Crippen molar-refractivity contribution in [1.29, 1.82) is 0 Å². The predicted octanol–water partition coefficient (Wildman–Crippen LogP) is 14.7. The highest BCUT2D eigenvalue weighted by Crippen LogP contribution is 2.52. The van der Waals surface area contributed by atoms with Gasteiger partial charge in [-0.2, -0.15) is 0 Å². The monoisotopic (exact) mass is 826 g/mol. The second-order valence-corrected chi connectivity index (χ2v) is 22.0. The topological polar surface area (TPSA) is 6.48 Å². The summed E-state index contributed by atoms with van der Waals surface area (Å²) in [4.78, 5) is 4.83. The van der Waals surface area contributed by atoms with Crippen LogP contribution in [-0.2, 0) is 21.7 Å². The first-order chi connectivity index (χ1) is 31.0. The highest BCUT2D eigenvalue weighted by Gasteiger charge is 2.47. The number of rotatable bonds is 4. The van der Waals surface area contributed by atoms with Crippen molar-refractivity contribution in [3.63, 3.8) is 0 Å². The normalized spacial score (nSPS) is 16.9. The van der Waals surface area contributed by atoms with Crippen LogP contribution in [0.25, 0.3) is 22.3 Å². The lowest BCUT2D eigenvalue weighted by Crippen LogP contribution is -2.62. The zero-order valence-corrected chi connectivity index (χ0v) is 39.2. The molecule has 1 aliphatic carbocycles. The molecule has 63 heavy (non-hydrogen) atoms. The van der Waals surface area contributed by atoms with E-state index in [9.17, 15) is 0 Å². The summed E-state index contributed by atoms with van der Waals surface area (Å²) < 4.78 is 27.3. The van der Waals surface area contributed by atoms with Crippen LogP contribution in [0.3, 0.4) is 0 Å². The average Bonchev–Trinajstić information content (AvgIpc) is 3.27. The Balaban J connectivity index is 1.37. The van der Waals surface area contributed by atoms with Crippen molar-refractivity contribution in [3.05, 3.63) is 173 Å². The van der Waals surface area contributed by atoms with Crippen molar-refractivity contribution in [2.24, 2.45) is 0 Å². The third kappa shape index (κ3) is 6.77. The summed E-state index contributed by atoms with van der Waals surface area (Å²) in [6, 6.07) is 51.2. The SMILES string of the molecule is [2H]C([2H])([2H])c1cc2c3c(c1)N(c1ccc(C(C)(C)C)cc1-c1ccccc1)c1ccc(-c4ccccc4)cc1B3c1cc3c(cc1N2c1ccc(C(C)(C)C)cc1C)C(C)(C)CCC3(C)C. The van der Waals surface area contributed by atoms with E-state index >= 15 is 0 Å². The molecule has 10 rings (SSSR count). The molecule has 0 N–H and O–H groups in total. The first-order valence-electron chi connectivity index (χ1n) is 24.5. The molecular formula is C60H63BN2. The van der Waals surface area contributed by atoms with Gasteiger partial charge < -0.3 is 9.80 Å². The van der Waals surface area contributed by atoms with Gasteiger partial charge in [0, 0.05) is 38.1 Å². The lowest BCUT2D eigenvalue weighted by Gasteiger charge is -2.48. The first-order valence-corrected chi connectivity index (χ1v) is 23.0. The van der Waals surface area contributed by atoms with Crippen molar-refractivity contribution in [2.75, 3.05) is 9.80 Å². The average molecular weight is 826 g/mol. The summed E-state index contributed by atoms with van der Waals surface area (Å²) in [5.41, 5.74) is 20.8. The van der Waals surface area contributed by atoms with E-state index in [1.54, 1.807) is 0 Å². The molecular weight excluding hydrogens is 759 g/mol. The lowest BCUT2D eigenvalue weighted by atomic mass is 9.33. The molecule has 2 nitrogen and oxygen atoms in total. The Kier molecular flexibility index (Phi) is 8.60. The van der Waals surface area contributed by atoms with Crippen molar-refractivity contribution in [1.82, 2.24) is 0 Å². The van der Waals surface area contributed by atoms with E-state index < -0.39 is 6.85 Å². The Morgan fingerprint density at radius 3 is 1.60 bits per heavy atom. The van der Waals surface area contributed by atoms with E-state index in [4.69, 9.17) is 4.11 Å². The second-order valence-electron chi connectivity index (χ2n) is 22.0. The molecule has 316 valence electrons. The highest BCUT2D eigenvalue weighted by atomic mass is 15.2. The fraction of sp³-hybridized carbons (Fsp3) is 0.300. The van der Waals surface area contributed by atoms with Gasteiger partial charge in [0.1, 0.15) is 0 Å². The third-order valence-corrected chi connectivity index (χ3v) is 14.6. The largest absolute Gasteiger partial charge is 0.311 e. The number of nitrogens with zero attached hydrogens (tertiary/aromatic N) is 2. The number of hydrogen-bond donors (Lipinski definition) is 0. The van der Waals surface area contributed by atoms with Gasteiger partial charge in [0.2, 0.25) is 0 Å². The van der Waals surface area contributed by atoms with Crippen LogP contribution in [-0.4, -0.2) is 6.71 Å². The Labute approximate surface area is 382 Å². The molecule has 0 radical (unpaired) electrons. The van der Waals surface area contributed by atoms with Crippen LogP contribution in [0.2, 0.25) is 0 Å². The standard InChI is InChI=1S/C60H63BN2/c1-38-31-54-56-55(32-38)63(51-28-25-44(58(6,7)8)35-45(51)41-21-17-14-18-22-41)52-26-23-42(40-19-15-13-16-20-40)34-48(52)61(56)49-36-46-47(60(11,12)30-29-59(46,9)10)37-53(49)62(54)50-27-24-43(33-39(50)2)57(3,4)5/h13-28,31-37H,29-30H2,1-12H3/i1D3. The number of anilines is 6. The second kappa shape index (κ2) is 14.4. The molecule has 0 spiro atoms.